The van der Waals surface area contributed by atoms with Gasteiger partial charge in [-0.3, -0.25) is 4.79 Å². The monoisotopic (exact) mass is 204 g/mol. The molecular weight excluding hydrogens is 184 g/mol. The van der Waals surface area contributed by atoms with Gasteiger partial charge in [0.2, 0.25) is 5.91 Å². The van der Waals surface area contributed by atoms with Crippen LogP contribution >= 0.6 is 11.8 Å². The summed E-state index contributed by atoms with van der Waals surface area (Å²) in [5, 5.41) is 2.87. The summed E-state index contributed by atoms with van der Waals surface area (Å²) in [6.45, 7) is 6.73. The average Bonchev–Trinajstić information content (AvgIpc) is 2.00. The lowest BCUT2D eigenvalue weighted by Gasteiger charge is -2.22. The van der Waals surface area contributed by atoms with Crippen LogP contribution in [0.25, 0.3) is 0 Å². The van der Waals surface area contributed by atoms with E-state index in [1.165, 1.54) is 0 Å². The highest BCUT2D eigenvalue weighted by Crippen LogP contribution is 2.19. The fourth-order valence-corrected chi connectivity index (χ4v) is 0.965. The van der Waals surface area contributed by atoms with Gasteiger partial charge >= 0.3 is 0 Å². The maximum absolute atomic E-state index is 11.2. The lowest BCUT2D eigenvalue weighted by molar-refractivity contribution is -0.121. The van der Waals surface area contributed by atoms with Crippen molar-refractivity contribution in [3.05, 3.63) is 0 Å². The highest BCUT2D eigenvalue weighted by Gasteiger charge is 2.16. The van der Waals surface area contributed by atoms with Gasteiger partial charge in [-0.05, 0) is 27.0 Å². The highest BCUT2D eigenvalue weighted by molar-refractivity contribution is 7.99. The first-order valence-corrected chi connectivity index (χ1v) is 5.67. The van der Waals surface area contributed by atoms with Crippen LogP contribution < -0.4 is 11.1 Å². The summed E-state index contributed by atoms with van der Waals surface area (Å²) in [5.41, 5.74) is 5.50. The van der Waals surface area contributed by atoms with Gasteiger partial charge in [0.05, 0.1) is 0 Å². The van der Waals surface area contributed by atoms with Crippen LogP contribution in [0, 0.1) is 0 Å². The molecule has 0 radical (unpaired) electrons. The molecular formula is C9H20N2OS. The molecule has 0 aromatic rings. The summed E-state index contributed by atoms with van der Waals surface area (Å²) in [6, 6.07) is -0.0580. The Morgan fingerprint density at radius 2 is 2.15 bits per heavy atom. The van der Waals surface area contributed by atoms with Gasteiger partial charge in [-0.15, -0.1) is 0 Å². The first-order chi connectivity index (χ1) is 5.87. The van der Waals surface area contributed by atoms with Crippen molar-refractivity contribution in [3.8, 4) is 0 Å². The standard InChI is InChI=1S/C9H20N2OS/c1-7(10)5-8(12)11-6-9(2,3)13-4/h7H,5-6,10H2,1-4H3,(H,11,12). The minimum atomic E-state index is -0.0580. The lowest BCUT2D eigenvalue weighted by Crippen LogP contribution is -2.38. The van der Waals surface area contributed by atoms with Gasteiger partial charge in [0.1, 0.15) is 0 Å². The minimum absolute atomic E-state index is 0.0390. The number of carbonyl (C=O) groups excluding carboxylic acids is 1. The van der Waals surface area contributed by atoms with E-state index in [1.54, 1.807) is 11.8 Å². The second kappa shape index (κ2) is 5.50. The van der Waals surface area contributed by atoms with Crippen LogP contribution in [0.5, 0.6) is 0 Å². The topological polar surface area (TPSA) is 55.1 Å². The number of thioether (sulfide) groups is 1. The largest absolute Gasteiger partial charge is 0.355 e. The van der Waals surface area contributed by atoms with Gasteiger partial charge in [0, 0.05) is 23.8 Å². The van der Waals surface area contributed by atoms with Crippen LogP contribution in [0.3, 0.4) is 0 Å². The molecule has 3 N–H and O–H groups in total. The van der Waals surface area contributed by atoms with Crippen molar-refractivity contribution in [1.82, 2.24) is 5.32 Å². The molecule has 0 heterocycles. The van der Waals surface area contributed by atoms with E-state index in [0.29, 0.717) is 13.0 Å². The minimum Gasteiger partial charge on any atom is -0.355 e. The molecule has 0 aromatic heterocycles. The molecule has 13 heavy (non-hydrogen) atoms. The molecule has 0 bridgehead atoms. The number of hydrogen-bond acceptors (Lipinski definition) is 3. The number of carbonyl (C=O) groups is 1. The molecule has 1 atom stereocenters. The van der Waals surface area contributed by atoms with Crippen molar-refractivity contribution < 1.29 is 4.79 Å². The second-order valence-electron chi connectivity index (χ2n) is 3.92. The quantitative estimate of drug-likeness (QED) is 0.702. The SMILES string of the molecule is CSC(C)(C)CNC(=O)CC(C)N. The average molecular weight is 204 g/mol. The van der Waals surface area contributed by atoms with Crippen molar-refractivity contribution in [2.75, 3.05) is 12.8 Å². The zero-order chi connectivity index (χ0) is 10.5. The van der Waals surface area contributed by atoms with Crippen molar-refractivity contribution >= 4 is 17.7 Å². The molecule has 3 nitrogen and oxygen atoms in total. The van der Waals surface area contributed by atoms with E-state index in [-0.39, 0.29) is 16.7 Å². The molecule has 0 saturated heterocycles. The lowest BCUT2D eigenvalue weighted by atomic mass is 10.2. The summed E-state index contributed by atoms with van der Waals surface area (Å²) in [5.74, 6) is 0.0390. The summed E-state index contributed by atoms with van der Waals surface area (Å²) >= 11 is 1.74. The number of rotatable bonds is 5. The summed E-state index contributed by atoms with van der Waals surface area (Å²) < 4.78 is 0.105. The van der Waals surface area contributed by atoms with E-state index in [1.807, 2.05) is 13.2 Å². The Bertz CT molecular complexity index is 169. The molecule has 4 heteroatoms. The third kappa shape index (κ3) is 6.90. The molecule has 1 amide bonds. The van der Waals surface area contributed by atoms with Gasteiger partial charge in [-0.2, -0.15) is 11.8 Å². The van der Waals surface area contributed by atoms with Crippen LogP contribution in [-0.2, 0) is 4.79 Å². The van der Waals surface area contributed by atoms with Gasteiger partial charge in [-0.1, -0.05) is 0 Å². The van der Waals surface area contributed by atoms with Crippen LogP contribution in [0.2, 0.25) is 0 Å². The predicted molar refractivity (Wildman–Crippen MR) is 58.9 cm³/mol. The van der Waals surface area contributed by atoms with Gasteiger partial charge in [-0.25, -0.2) is 0 Å². The van der Waals surface area contributed by atoms with Crippen LogP contribution in [0.1, 0.15) is 27.2 Å². The fourth-order valence-electron chi connectivity index (χ4n) is 0.748. The maximum atomic E-state index is 11.2. The van der Waals surface area contributed by atoms with Gasteiger partial charge < -0.3 is 11.1 Å². The van der Waals surface area contributed by atoms with E-state index < -0.39 is 0 Å². The number of nitrogens with one attached hydrogen (secondary N) is 1. The number of hydrogen-bond donors (Lipinski definition) is 2. The van der Waals surface area contributed by atoms with Crippen molar-refractivity contribution in [2.45, 2.75) is 38.0 Å². The fraction of sp³-hybridized carbons (Fsp3) is 0.889. The van der Waals surface area contributed by atoms with Gasteiger partial charge in [0.15, 0.2) is 0 Å². The van der Waals surface area contributed by atoms with E-state index in [4.69, 9.17) is 5.73 Å². The van der Waals surface area contributed by atoms with E-state index >= 15 is 0 Å². The molecule has 0 aromatic carbocycles. The second-order valence-corrected chi connectivity index (χ2v) is 5.44. The van der Waals surface area contributed by atoms with Crippen LogP contribution in [0.15, 0.2) is 0 Å². The first kappa shape index (κ1) is 12.8. The Balaban J connectivity index is 3.70. The number of amides is 1. The maximum Gasteiger partial charge on any atom is 0.221 e. The molecule has 0 aliphatic heterocycles. The Labute approximate surface area is 84.8 Å². The molecule has 0 rings (SSSR count). The summed E-state index contributed by atoms with van der Waals surface area (Å²) in [6.07, 6.45) is 2.45. The molecule has 0 fully saturated rings. The third-order valence-corrected chi connectivity index (χ3v) is 3.02. The number of nitrogens with two attached hydrogens (primary N) is 1. The third-order valence-electron chi connectivity index (χ3n) is 1.77. The zero-order valence-electron chi connectivity index (χ0n) is 8.89. The summed E-state index contributed by atoms with van der Waals surface area (Å²) in [7, 11) is 0. The van der Waals surface area contributed by atoms with E-state index in [0.717, 1.165) is 0 Å². The van der Waals surface area contributed by atoms with Crippen LogP contribution in [0.4, 0.5) is 0 Å². The van der Waals surface area contributed by atoms with Crippen molar-refractivity contribution in [3.63, 3.8) is 0 Å². The van der Waals surface area contributed by atoms with Crippen molar-refractivity contribution in [2.24, 2.45) is 5.73 Å². The molecule has 0 spiro atoms. The van der Waals surface area contributed by atoms with E-state index in [2.05, 4.69) is 19.2 Å². The summed E-state index contributed by atoms with van der Waals surface area (Å²) in [4.78, 5) is 11.2. The Morgan fingerprint density at radius 3 is 2.54 bits per heavy atom. The molecule has 0 saturated carbocycles. The molecule has 1 unspecified atom stereocenters. The van der Waals surface area contributed by atoms with Crippen LogP contribution in [-0.4, -0.2) is 29.5 Å². The zero-order valence-corrected chi connectivity index (χ0v) is 9.70. The Morgan fingerprint density at radius 1 is 1.62 bits per heavy atom. The molecule has 78 valence electrons. The Kier molecular flexibility index (Phi) is 5.40. The van der Waals surface area contributed by atoms with Crippen molar-refractivity contribution in [1.29, 1.82) is 0 Å². The normalized spacial score (nSPS) is 13.9. The molecule has 0 aliphatic carbocycles. The molecule has 0 aliphatic rings. The first-order valence-electron chi connectivity index (χ1n) is 4.45. The predicted octanol–water partition coefficient (Wildman–Crippen LogP) is 0.981. The smallest absolute Gasteiger partial charge is 0.221 e. The Hall–Kier alpha value is -0.220. The van der Waals surface area contributed by atoms with Gasteiger partial charge in [0.25, 0.3) is 0 Å². The highest BCUT2D eigenvalue weighted by atomic mass is 32.2. The van der Waals surface area contributed by atoms with E-state index in [9.17, 15) is 4.79 Å².